The molecule has 3 rings (SSSR count). The third-order valence-electron chi connectivity index (χ3n) is 7.33. The zero-order valence-corrected chi connectivity index (χ0v) is 16.0. The fourth-order valence-corrected chi connectivity index (χ4v) is 5.80. The van der Waals surface area contributed by atoms with Crippen LogP contribution in [0.2, 0.25) is 0 Å². The topological polar surface area (TPSA) is 23.5 Å². The second kappa shape index (κ2) is 9.57. The van der Waals surface area contributed by atoms with Crippen LogP contribution in [-0.2, 0) is 0 Å². The van der Waals surface area contributed by atoms with E-state index in [9.17, 15) is 5.11 Å². The molecule has 2 unspecified atom stereocenters. The van der Waals surface area contributed by atoms with Gasteiger partial charge in [-0.25, -0.2) is 0 Å². The molecule has 140 valence electrons. The highest BCUT2D eigenvalue weighted by Gasteiger charge is 2.44. The number of nitrogens with zero attached hydrogens (tertiary/aromatic N) is 1. The Balaban J connectivity index is 1.71. The Labute approximate surface area is 150 Å². The van der Waals surface area contributed by atoms with Gasteiger partial charge in [-0.1, -0.05) is 64.2 Å². The minimum atomic E-state index is -0.363. The maximum Gasteiger partial charge on any atom is 0.0716 e. The van der Waals surface area contributed by atoms with Crippen molar-refractivity contribution in [3.63, 3.8) is 0 Å². The van der Waals surface area contributed by atoms with Gasteiger partial charge >= 0.3 is 0 Å². The molecule has 1 aliphatic heterocycles. The summed E-state index contributed by atoms with van der Waals surface area (Å²) in [5.41, 5.74) is -0.363. The fourth-order valence-electron chi connectivity index (χ4n) is 5.80. The van der Waals surface area contributed by atoms with Crippen LogP contribution >= 0.6 is 0 Å². The largest absolute Gasteiger partial charge is 0.389 e. The summed E-state index contributed by atoms with van der Waals surface area (Å²) in [6, 6.07) is 0. The summed E-state index contributed by atoms with van der Waals surface area (Å²) in [5, 5.41) is 11.9. The van der Waals surface area contributed by atoms with Crippen LogP contribution in [0.15, 0.2) is 0 Å². The van der Waals surface area contributed by atoms with E-state index >= 15 is 0 Å². The molecule has 0 bridgehead atoms. The number of hydrogen-bond acceptors (Lipinski definition) is 2. The molecule has 2 heteroatoms. The maximum absolute atomic E-state index is 11.9. The SMILES string of the molecule is OC1(C2CCCC2)CCCCCCCCCCC1CN1CCCC1. The molecule has 1 N–H and O–H groups in total. The lowest BCUT2D eigenvalue weighted by molar-refractivity contribution is -0.0875. The Hall–Kier alpha value is -0.0800. The van der Waals surface area contributed by atoms with Gasteiger partial charge in [-0.15, -0.1) is 0 Å². The molecule has 2 saturated carbocycles. The van der Waals surface area contributed by atoms with Crippen LogP contribution in [0, 0.1) is 11.8 Å². The van der Waals surface area contributed by atoms with Gasteiger partial charge in [0.1, 0.15) is 0 Å². The number of hydrogen-bond donors (Lipinski definition) is 1. The Morgan fingerprint density at radius 1 is 0.667 bits per heavy atom. The zero-order valence-electron chi connectivity index (χ0n) is 16.0. The average molecular weight is 336 g/mol. The van der Waals surface area contributed by atoms with E-state index in [1.807, 2.05) is 0 Å². The van der Waals surface area contributed by atoms with Gasteiger partial charge in [-0.2, -0.15) is 0 Å². The lowest BCUT2D eigenvalue weighted by Crippen LogP contribution is -2.49. The Bertz CT molecular complexity index is 346. The number of rotatable bonds is 3. The van der Waals surface area contributed by atoms with Gasteiger partial charge in [0, 0.05) is 12.5 Å². The highest BCUT2D eigenvalue weighted by molar-refractivity contribution is 4.96. The lowest BCUT2D eigenvalue weighted by Gasteiger charge is -2.43. The van der Waals surface area contributed by atoms with Gasteiger partial charge in [0.15, 0.2) is 0 Å². The van der Waals surface area contributed by atoms with Crippen molar-refractivity contribution in [1.82, 2.24) is 4.90 Å². The van der Waals surface area contributed by atoms with Crippen LogP contribution in [0.3, 0.4) is 0 Å². The molecule has 2 nitrogen and oxygen atoms in total. The van der Waals surface area contributed by atoms with E-state index in [0.717, 1.165) is 6.42 Å². The van der Waals surface area contributed by atoms with Crippen LogP contribution in [-0.4, -0.2) is 35.2 Å². The van der Waals surface area contributed by atoms with E-state index in [4.69, 9.17) is 0 Å². The van der Waals surface area contributed by atoms with Crippen molar-refractivity contribution < 1.29 is 5.11 Å². The van der Waals surface area contributed by atoms with E-state index in [2.05, 4.69) is 4.90 Å². The van der Waals surface area contributed by atoms with Crippen molar-refractivity contribution >= 4 is 0 Å². The van der Waals surface area contributed by atoms with E-state index in [0.29, 0.717) is 11.8 Å². The molecule has 2 aliphatic carbocycles. The van der Waals surface area contributed by atoms with E-state index < -0.39 is 0 Å². The first-order valence-electron chi connectivity index (χ1n) is 11.2. The van der Waals surface area contributed by atoms with Gasteiger partial charge in [0.2, 0.25) is 0 Å². The van der Waals surface area contributed by atoms with Gasteiger partial charge in [-0.05, 0) is 57.5 Å². The molecule has 3 fully saturated rings. The molecule has 0 aromatic rings. The Kier molecular flexibility index (Phi) is 7.46. The van der Waals surface area contributed by atoms with E-state index in [1.165, 1.54) is 116 Å². The zero-order chi connectivity index (χ0) is 16.7. The third-order valence-corrected chi connectivity index (χ3v) is 7.33. The predicted octanol–water partition coefficient (Wildman–Crippen LogP) is 5.53. The molecule has 0 spiro atoms. The van der Waals surface area contributed by atoms with Crippen LogP contribution in [0.1, 0.15) is 103 Å². The normalized spacial score (nSPS) is 35.6. The minimum Gasteiger partial charge on any atom is -0.389 e. The first-order valence-corrected chi connectivity index (χ1v) is 11.2. The van der Waals surface area contributed by atoms with Gasteiger partial charge in [-0.3, -0.25) is 0 Å². The highest BCUT2D eigenvalue weighted by atomic mass is 16.3. The summed E-state index contributed by atoms with van der Waals surface area (Å²) < 4.78 is 0. The molecular formula is C22H41NO. The quantitative estimate of drug-likeness (QED) is 0.732. The van der Waals surface area contributed by atoms with Crippen molar-refractivity contribution in [3.05, 3.63) is 0 Å². The third kappa shape index (κ3) is 4.97. The van der Waals surface area contributed by atoms with Crippen LogP contribution in [0.4, 0.5) is 0 Å². The first kappa shape index (κ1) is 18.7. The summed E-state index contributed by atoms with van der Waals surface area (Å²) in [5.74, 6) is 1.12. The lowest BCUT2D eigenvalue weighted by atomic mass is 9.70. The maximum atomic E-state index is 11.9. The van der Waals surface area contributed by atoms with Crippen LogP contribution in [0.25, 0.3) is 0 Å². The standard InChI is InChI=1S/C22H41NO/c24-22(20-13-8-9-14-20)16-10-6-4-2-1-3-5-7-15-21(22)19-23-17-11-12-18-23/h20-21,24H,1-19H2. The fraction of sp³-hybridized carbons (Fsp3) is 1.00. The smallest absolute Gasteiger partial charge is 0.0716 e. The minimum absolute atomic E-state index is 0.363. The second-order valence-corrected chi connectivity index (χ2v) is 9.04. The van der Waals surface area contributed by atoms with Crippen molar-refractivity contribution in [2.24, 2.45) is 11.8 Å². The summed E-state index contributed by atoms with van der Waals surface area (Å²) >= 11 is 0. The summed E-state index contributed by atoms with van der Waals surface area (Å²) in [6.45, 7) is 3.72. The number of likely N-dealkylation sites (tertiary alicyclic amines) is 1. The Morgan fingerprint density at radius 3 is 1.88 bits per heavy atom. The molecule has 1 saturated heterocycles. The van der Waals surface area contributed by atoms with Gasteiger partial charge in [0.05, 0.1) is 5.60 Å². The predicted molar refractivity (Wildman–Crippen MR) is 102 cm³/mol. The molecule has 0 aromatic carbocycles. The van der Waals surface area contributed by atoms with Crippen LogP contribution < -0.4 is 0 Å². The highest BCUT2D eigenvalue weighted by Crippen LogP contribution is 2.44. The molecule has 0 aromatic heterocycles. The molecule has 3 aliphatic rings. The molecule has 2 atom stereocenters. The van der Waals surface area contributed by atoms with Crippen molar-refractivity contribution in [2.45, 2.75) is 108 Å². The number of aliphatic hydroxyl groups is 1. The summed E-state index contributed by atoms with van der Waals surface area (Å²) in [7, 11) is 0. The molecule has 0 amide bonds. The monoisotopic (exact) mass is 335 g/mol. The molecular weight excluding hydrogens is 294 g/mol. The molecule has 1 heterocycles. The van der Waals surface area contributed by atoms with E-state index in [-0.39, 0.29) is 5.60 Å². The Morgan fingerprint density at radius 2 is 1.21 bits per heavy atom. The van der Waals surface area contributed by atoms with E-state index in [1.54, 1.807) is 0 Å². The van der Waals surface area contributed by atoms with Crippen molar-refractivity contribution in [3.8, 4) is 0 Å². The molecule has 0 radical (unpaired) electrons. The van der Waals surface area contributed by atoms with Gasteiger partial charge in [0.25, 0.3) is 0 Å². The first-order chi connectivity index (χ1) is 11.8. The summed E-state index contributed by atoms with van der Waals surface area (Å²) in [4.78, 5) is 2.66. The average Bonchev–Trinajstić information content (AvgIpc) is 3.27. The summed E-state index contributed by atoms with van der Waals surface area (Å²) in [6.07, 6.45) is 21.3. The van der Waals surface area contributed by atoms with Crippen molar-refractivity contribution in [1.29, 1.82) is 0 Å². The van der Waals surface area contributed by atoms with Gasteiger partial charge < -0.3 is 10.0 Å². The van der Waals surface area contributed by atoms with Crippen molar-refractivity contribution in [2.75, 3.05) is 19.6 Å². The molecule has 24 heavy (non-hydrogen) atoms. The second-order valence-electron chi connectivity index (χ2n) is 9.04. The van der Waals surface area contributed by atoms with Crippen LogP contribution in [0.5, 0.6) is 0 Å².